The van der Waals surface area contributed by atoms with E-state index in [-0.39, 0.29) is 36.0 Å². The molecule has 1 N–H and O–H groups in total. The van der Waals surface area contributed by atoms with Gasteiger partial charge in [0.05, 0.1) is 28.7 Å². The predicted octanol–water partition coefficient (Wildman–Crippen LogP) is 3.84. The summed E-state index contributed by atoms with van der Waals surface area (Å²) < 4.78 is 3.38. The molecule has 0 spiro atoms. The highest BCUT2D eigenvalue weighted by Crippen LogP contribution is 2.28. The number of amides is 1. The van der Waals surface area contributed by atoms with Gasteiger partial charge in [-0.1, -0.05) is 44.2 Å². The van der Waals surface area contributed by atoms with Crippen LogP contribution in [0.1, 0.15) is 45.6 Å². The summed E-state index contributed by atoms with van der Waals surface area (Å²) in [5.74, 6) is 0.656. The van der Waals surface area contributed by atoms with Gasteiger partial charge in [-0.15, -0.1) is 0 Å². The highest BCUT2D eigenvalue weighted by molar-refractivity contribution is 5.81. The summed E-state index contributed by atoms with van der Waals surface area (Å²) in [5, 5.41) is 8.57. The molecule has 7 nitrogen and oxygen atoms in total. The average molecular weight is 418 g/mol. The third-order valence-corrected chi connectivity index (χ3v) is 5.46. The largest absolute Gasteiger partial charge is 0.344 e. The minimum absolute atomic E-state index is 0.111. The fourth-order valence-electron chi connectivity index (χ4n) is 3.95. The molecule has 1 amide bonds. The standard InChI is InChI=1S/C24H27N5O2/c1-15(2)22(23-26-19-11-7-8-12-20(19)29(23)16(3)4)27-21(30)14-28-24(31)18-10-6-5-9-17(18)13-25-28/h5-13,15-16,22H,14H2,1-4H3,(H,27,30). The second-order valence-electron chi connectivity index (χ2n) is 8.41. The van der Waals surface area contributed by atoms with Crippen LogP contribution >= 0.6 is 0 Å². The third-order valence-electron chi connectivity index (χ3n) is 5.46. The maximum atomic E-state index is 12.9. The second-order valence-corrected chi connectivity index (χ2v) is 8.41. The molecule has 0 saturated carbocycles. The van der Waals surface area contributed by atoms with E-state index in [0.29, 0.717) is 5.39 Å². The average Bonchev–Trinajstić information content (AvgIpc) is 3.13. The van der Waals surface area contributed by atoms with Gasteiger partial charge in [-0.3, -0.25) is 9.59 Å². The van der Waals surface area contributed by atoms with Crippen LogP contribution in [0, 0.1) is 5.92 Å². The molecule has 1 unspecified atom stereocenters. The van der Waals surface area contributed by atoms with Gasteiger partial charge in [-0.25, -0.2) is 9.67 Å². The maximum Gasteiger partial charge on any atom is 0.275 e. The van der Waals surface area contributed by atoms with Gasteiger partial charge in [0.2, 0.25) is 5.91 Å². The van der Waals surface area contributed by atoms with Crippen LogP contribution in [0.15, 0.2) is 59.5 Å². The van der Waals surface area contributed by atoms with E-state index < -0.39 is 0 Å². The van der Waals surface area contributed by atoms with Crippen molar-refractivity contribution in [3.05, 3.63) is 70.9 Å². The van der Waals surface area contributed by atoms with Crippen molar-refractivity contribution in [2.45, 2.75) is 46.3 Å². The van der Waals surface area contributed by atoms with Crippen molar-refractivity contribution in [2.75, 3.05) is 0 Å². The first-order chi connectivity index (χ1) is 14.9. The van der Waals surface area contributed by atoms with Crippen LogP contribution in [-0.2, 0) is 11.3 Å². The fraction of sp³-hybridized carbons (Fsp3) is 0.333. The fourth-order valence-corrected chi connectivity index (χ4v) is 3.95. The Morgan fingerprint density at radius 1 is 1.03 bits per heavy atom. The molecule has 4 aromatic rings. The van der Waals surface area contributed by atoms with Crippen LogP contribution in [0.4, 0.5) is 0 Å². The number of hydrogen-bond donors (Lipinski definition) is 1. The smallest absolute Gasteiger partial charge is 0.275 e. The molecular formula is C24H27N5O2. The van der Waals surface area contributed by atoms with Gasteiger partial charge in [-0.2, -0.15) is 5.10 Å². The monoisotopic (exact) mass is 417 g/mol. The molecule has 0 aliphatic rings. The molecule has 31 heavy (non-hydrogen) atoms. The lowest BCUT2D eigenvalue weighted by Crippen LogP contribution is -2.38. The molecule has 0 aliphatic heterocycles. The van der Waals surface area contributed by atoms with Gasteiger partial charge < -0.3 is 9.88 Å². The topological polar surface area (TPSA) is 81.8 Å². The molecule has 7 heteroatoms. The first-order valence-electron chi connectivity index (χ1n) is 10.6. The van der Waals surface area contributed by atoms with Crippen molar-refractivity contribution in [2.24, 2.45) is 5.92 Å². The summed E-state index contributed by atoms with van der Waals surface area (Å²) >= 11 is 0. The Morgan fingerprint density at radius 2 is 1.74 bits per heavy atom. The minimum atomic E-state index is -0.293. The van der Waals surface area contributed by atoms with Crippen molar-refractivity contribution in [1.82, 2.24) is 24.6 Å². The summed E-state index contributed by atoms with van der Waals surface area (Å²) in [6, 6.07) is 15.1. The lowest BCUT2D eigenvalue weighted by molar-refractivity contribution is -0.123. The molecular weight excluding hydrogens is 390 g/mol. The van der Waals surface area contributed by atoms with E-state index in [2.05, 4.69) is 42.7 Å². The van der Waals surface area contributed by atoms with E-state index in [1.54, 1.807) is 18.3 Å². The van der Waals surface area contributed by atoms with E-state index in [9.17, 15) is 9.59 Å². The summed E-state index contributed by atoms with van der Waals surface area (Å²) in [5.41, 5.74) is 1.67. The number of hydrogen-bond acceptors (Lipinski definition) is 4. The molecule has 2 aromatic heterocycles. The van der Waals surface area contributed by atoms with Crippen LogP contribution < -0.4 is 10.9 Å². The van der Waals surface area contributed by atoms with Gasteiger partial charge in [-0.05, 0) is 38.0 Å². The molecule has 2 aromatic carbocycles. The summed E-state index contributed by atoms with van der Waals surface area (Å²) in [4.78, 5) is 30.5. The molecule has 0 saturated heterocycles. The number of fused-ring (bicyclic) bond motifs is 2. The van der Waals surface area contributed by atoms with Crippen LogP contribution in [0.25, 0.3) is 21.8 Å². The molecule has 2 heterocycles. The molecule has 160 valence electrons. The lowest BCUT2D eigenvalue weighted by Gasteiger charge is -2.25. The molecule has 0 aliphatic carbocycles. The van der Waals surface area contributed by atoms with Crippen LogP contribution in [-0.4, -0.2) is 25.2 Å². The van der Waals surface area contributed by atoms with Crippen LogP contribution in [0.3, 0.4) is 0 Å². The van der Waals surface area contributed by atoms with Gasteiger partial charge >= 0.3 is 0 Å². The summed E-state index contributed by atoms with van der Waals surface area (Å²) in [6.07, 6.45) is 1.61. The summed E-state index contributed by atoms with van der Waals surface area (Å²) in [7, 11) is 0. The van der Waals surface area contributed by atoms with E-state index in [1.807, 2.05) is 36.4 Å². The second kappa shape index (κ2) is 8.34. The zero-order valence-corrected chi connectivity index (χ0v) is 18.2. The number of para-hydroxylation sites is 2. The number of carbonyl (C=O) groups is 1. The normalized spacial score (nSPS) is 12.7. The molecule has 0 fully saturated rings. The lowest BCUT2D eigenvalue weighted by atomic mass is 10.0. The molecule has 4 rings (SSSR count). The first-order valence-corrected chi connectivity index (χ1v) is 10.6. The van der Waals surface area contributed by atoms with Crippen molar-refractivity contribution in [3.63, 3.8) is 0 Å². The first kappa shape index (κ1) is 20.8. The highest BCUT2D eigenvalue weighted by atomic mass is 16.2. The zero-order valence-electron chi connectivity index (χ0n) is 18.2. The molecule has 0 bridgehead atoms. The van der Waals surface area contributed by atoms with Crippen molar-refractivity contribution in [3.8, 4) is 0 Å². The Balaban J connectivity index is 1.65. The number of rotatable bonds is 6. The van der Waals surface area contributed by atoms with Crippen molar-refractivity contribution in [1.29, 1.82) is 0 Å². The van der Waals surface area contributed by atoms with E-state index in [1.165, 1.54) is 4.68 Å². The SMILES string of the molecule is CC(C)C(NC(=O)Cn1ncc2ccccc2c1=O)c1nc2ccccc2n1C(C)C. The van der Waals surface area contributed by atoms with E-state index in [0.717, 1.165) is 22.2 Å². The number of carbonyl (C=O) groups excluding carboxylic acids is 1. The number of imidazole rings is 1. The van der Waals surface area contributed by atoms with Gasteiger partial charge in [0, 0.05) is 11.4 Å². The number of aromatic nitrogens is 4. The predicted molar refractivity (Wildman–Crippen MR) is 122 cm³/mol. The highest BCUT2D eigenvalue weighted by Gasteiger charge is 2.26. The van der Waals surface area contributed by atoms with E-state index in [4.69, 9.17) is 4.98 Å². The van der Waals surface area contributed by atoms with Crippen molar-refractivity contribution < 1.29 is 4.79 Å². The number of benzene rings is 2. The quantitative estimate of drug-likeness (QED) is 0.517. The Kier molecular flexibility index (Phi) is 5.59. The Hall–Kier alpha value is -3.48. The van der Waals surface area contributed by atoms with Crippen LogP contribution in [0.5, 0.6) is 0 Å². The Bertz CT molecular complexity index is 1300. The van der Waals surface area contributed by atoms with Gasteiger partial charge in [0.25, 0.3) is 5.56 Å². The Morgan fingerprint density at radius 3 is 2.48 bits per heavy atom. The van der Waals surface area contributed by atoms with Crippen molar-refractivity contribution >= 4 is 27.7 Å². The number of nitrogens with zero attached hydrogens (tertiary/aromatic N) is 4. The van der Waals surface area contributed by atoms with Crippen LogP contribution in [0.2, 0.25) is 0 Å². The molecule has 0 radical (unpaired) electrons. The Labute approximate surface area is 180 Å². The van der Waals surface area contributed by atoms with Gasteiger partial charge in [0.15, 0.2) is 0 Å². The van der Waals surface area contributed by atoms with E-state index >= 15 is 0 Å². The maximum absolute atomic E-state index is 12.9. The zero-order chi connectivity index (χ0) is 22.1. The minimum Gasteiger partial charge on any atom is -0.344 e. The third kappa shape index (κ3) is 3.95. The van der Waals surface area contributed by atoms with Gasteiger partial charge in [0.1, 0.15) is 12.4 Å². The molecule has 1 atom stereocenters. The summed E-state index contributed by atoms with van der Waals surface area (Å²) in [6.45, 7) is 8.17. The number of nitrogens with one attached hydrogen (secondary N) is 1.